The van der Waals surface area contributed by atoms with Crippen LogP contribution in [0.25, 0.3) is 0 Å². The molecular formula is C16H28IN3OS. The standard InChI is InChI=1S/C16H27N3OS.HI/c1-17-16(18-10-4-5-12-21-3)19-11-9-14-7-6-8-15(13-14)20-2;/h6-8,13H,4-5,9-12H2,1-3H3,(H2,17,18,19);1H. The van der Waals surface area contributed by atoms with E-state index in [2.05, 4.69) is 34.0 Å². The summed E-state index contributed by atoms with van der Waals surface area (Å²) in [6.45, 7) is 1.83. The van der Waals surface area contributed by atoms with Crippen molar-refractivity contribution < 1.29 is 4.74 Å². The zero-order valence-electron chi connectivity index (χ0n) is 13.7. The number of nitrogens with one attached hydrogen (secondary N) is 2. The summed E-state index contributed by atoms with van der Waals surface area (Å²) in [5.74, 6) is 3.01. The molecule has 0 saturated heterocycles. The minimum absolute atomic E-state index is 0. The van der Waals surface area contributed by atoms with E-state index < -0.39 is 0 Å². The summed E-state index contributed by atoms with van der Waals surface area (Å²) in [6.07, 6.45) is 5.52. The molecule has 126 valence electrons. The van der Waals surface area contributed by atoms with Gasteiger partial charge in [0.05, 0.1) is 7.11 Å². The van der Waals surface area contributed by atoms with Gasteiger partial charge in [0.1, 0.15) is 5.75 Å². The Balaban J connectivity index is 0.00000441. The third-order valence-corrected chi connectivity index (χ3v) is 3.83. The lowest BCUT2D eigenvalue weighted by Gasteiger charge is -2.12. The molecule has 0 aromatic heterocycles. The lowest BCUT2D eigenvalue weighted by Crippen LogP contribution is -2.38. The number of thioether (sulfide) groups is 1. The summed E-state index contributed by atoms with van der Waals surface area (Å²) < 4.78 is 5.23. The molecule has 0 bridgehead atoms. The van der Waals surface area contributed by atoms with E-state index in [1.54, 1.807) is 7.11 Å². The number of benzene rings is 1. The van der Waals surface area contributed by atoms with Gasteiger partial charge < -0.3 is 15.4 Å². The first-order chi connectivity index (χ1) is 10.3. The van der Waals surface area contributed by atoms with Gasteiger partial charge in [-0.3, -0.25) is 4.99 Å². The molecule has 0 aliphatic heterocycles. The van der Waals surface area contributed by atoms with Gasteiger partial charge >= 0.3 is 0 Å². The molecule has 1 aromatic carbocycles. The highest BCUT2D eigenvalue weighted by molar-refractivity contribution is 14.0. The second-order valence-electron chi connectivity index (χ2n) is 4.73. The molecule has 0 amide bonds. The average molecular weight is 437 g/mol. The Morgan fingerprint density at radius 3 is 2.68 bits per heavy atom. The first-order valence-corrected chi connectivity index (χ1v) is 8.76. The molecule has 22 heavy (non-hydrogen) atoms. The molecule has 0 aliphatic carbocycles. The van der Waals surface area contributed by atoms with Crippen LogP contribution in [0, 0.1) is 0 Å². The molecule has 0 atom stereocenters. The number of ether oxygens (including phenoxy) is 1. The van der Waals surface area contributed by atoms with Crippen LogP contribution >= 0.6 is 35.7 Å². The summed E-state index contributed by atoms with van der Waals surface area (Å²) in [5, 5.41) is 6.68. The van der Waals surface area contributed by atoms with Crippen LogP contribution in [0.5, 0.6) is 5.75 Å². The number of aliphatic imine (C=N–C) groups is 1. The van der Waals surface area contributed by atoms with Crippen LogP contribution in [0.1, 0.15) is 18.4 Å². The zero-order valence-corrected chi connectivity index (χ0v) is 16.9. The Morgan fingerprint density at radius 1 is 1.23 bits per heavy atom. The molecule has 0 radical (unpaired) electrons. The van der Waals surface area contributed by atoms with E-state index in [4.69, 9.17) is 4.74 Å². The number of hydrogen-bond donors (Lipinski definition) is 2. The van der Waals surface area contributed by atoms with E-state index in [1.165, 1.54) is 24.2 Å². The van der Waals surface area contributed by atoms with Crippen molar-refractivity contribution in [3.05, 3.63) is 29.8 Å². The van der Waals surface area contributed by atoms with Crippen molar-refractivity contribution in [1.29, 1.82) is 0 Å². The number of hydrogen-bond acceptors (Lipinski definition) is 3. The average Bonchev–Trinajstić information content (AvgIpc) is 2.53. The molecule has 0 heterocycles. The third kappa shape index (κ3) is 9.40. The fourth-order valence-corrected chi connectivity index (χ4v) is 2.44. The van der Waals surface area contributed by atoms with Crippen LogP contribution < -0.4 is 15.4 Å². The highest BCUT2D eigenvalue weighted by Gasteiger charge is 1.99. The van der Waals surface area contributed by atoms with E-state index in [9.17, 15) is 0 Å². The summed E-state index contributed by atoms with van der Waals surface area (Å²) in [6, 6.07) is 8.17. The first-order valence-electron chi connectivity index (χ1n) is 7.36. The van der Waals surface area contributed by atoms with Crippen LogP contribution in [0.4, 0.5) is 0 Å². The first kappa shape index (κ1) is 21.4. The summed E-state index contributed by atoms with van der Waals surface area (Å²) in [4.78, 5) is 4.24. The lowest BCUT2D eigenvalue weighted by atomic mass is 10.1. The summed E-state index contributed by atoms with van der Waals surface area (Å²) in [5.41, 5.74) is 1.26. The van der Waals surface area contributed by atoms with Crippen molar-refractivity contribution in [1.82, 2.24) is 10.6 Å². The Hall–Kier alpha value is -0.630. The van der Waals surface area contributed by atoms with Crippen LogP contribution in [0.3, 0.4) is 0 Å². The number of halogens is 1. The van der Waals surface area contributed by atoms with Crippen LogP contribution in [0.15, 0.2) is 29.3 Å². The van der Waals surface area contributed by atoms with Crippen molar-refractivity contribution in [3.8, 4) is 5.75 Å². The summed E-state index contributed by atoms with van der Waals surface area (Å²) in [7, 11) is 3.50. The van der Waals surface area contributed by atoms with Crippen molar-refractivity contribution in [2.45, 2.75) is 19.3 Å². The topological polar surface area (TPSA) is 45.7 Å². The van der Waals surface area contributed by atoms with E-state index in [0.29, 0.717) is 0 Å². The molecular weight excluding hydrogens is 409 g/mol. The lowest BCUT2D eigenvalue weighted by molar-refractivity contribution is 0.414. The second kappa shape index (κ2) is 14.0. The van der Waals surface area contributed by atoms with E-state index in [-0.39, 0.29) is 24.0 Å². The maximum atomic E-state index is 5.23. The van der Waals surface area contributed by atoms with Crippen molar-refractivity contribution in [2.75, 3.05) is 39.3 Å². The molecule has 0 unspecified atom stereocenters. The number of guanidine groups is 1. The van der Waals surface area contributed by atoms with Gasteiger partial charge in [0.15, 0.2) is 5.96 Å². The van der Waals surface area contributed by atoms with Gasteiger partial charge in [0, 0.05) is 20.1 Å². The van der Waals surface area contributed by atoms with Gasteiger partial charge in [-0.15, -0.1) is 24.0 Å². The van der Waals surface area contributed by atoms with E-state index in [1.807, 2.05) is 30.9 Å². The molecule has 1 rings (SSSR count). The number of methoxy groups -OCH3 is 1. The van der Waals surface area contributed by atoms with Gasteiger partial charge in [0.25, 0.3) is 0 Å². The SMILES string of the molecule is CN=C(NCCCCSC)NCCc1cccc(OC)c1.I. The monoisotopic (exact) mass is 437 g/mol. The predicted molar refractivity (Wildman–Crippen MR) is 109 cm³/mol. The summed E-state index contributed by atoms with van der Waals surface area (Å²) >= 11 is 1.90. The molecule has 4 nitrogen and oxygen atoms in total. The fraction of sp³-hybridized carbons (Fsp3) is 0.562. The van der Waals surface area contributed by atoms with Gasteiger partial charge in [-0.25, -0.2) is 0 Å². The quantitative estimate of drug-likeness (QED) is 0.270. The van der Waals surface area contributed by atoms with Gasteiger partial charge in [-0.1, -0.05) is 12.1 Å². The normalized spacial score (nSPS) is 10.8. The second-order valence-corrected chi connectivity index (χ2v) is 5.71. The van der Waals surface area contributed by atoms with E-state index >= 15 is 0 Å². The van der Waals surface area contributed by atoms with Gasteiger partial charge in [-0.05, 0) is 49.0 Å². The van der Waals surface area contributed by atoms with Crippen LogP contribution in [-0.2, 0) is 6.42 Å². The van der Waals surface area contributed by atoms with Crippen molar-refractivity contribution in [2.24, 2.45) is 4.99 Å². The Labute approximate surface area is 155 Å². The fourth-order valence-electron chi connectivity index (χ4n) is 1.95. The Morgan fingerprint density at radius 2 is 2.00 bits per heavy atom. The maximum absolute atomic E-state index is 5.23. The predicted octanol–water partition coefficient (Wildman–Crippen LogP) is 3.16. The molecule has 0 aliphatic rings. The minimum atomic E-state index is 0. The Bertz CT molecular complexity index is 430. The van der Waals surface area contributed by atoms with Gasteiger partial charge in [0.2, 0.25) is 0 Å². The van der Waals surface area contributed by atoms with Crippen LogP contribution in [-0.4, -0.2) is 45.2 Å². The largest absolute Gasteiger partial charge is 0.497 e. The minimum Gasteiger partial charge on any atom is -0.497 e. The molecule has 0 fully saturated rings. The van der Waals surface area contributed by atoms with Crippen molar-refractivity contribution >= 4 is 41.7 Å². The number of nitrogens with zero attached hydrogens (tertiary/aromatic N) is 1. The highest BCUT2D eigenvalue weighted by Crippen LogP contribution is 2.12. The highest BCUT2D eigenvalue weighted by atomic mass is 127. The number of rotatable bonds is 9. The molecule has 1 aromatic rings. The van der Waals surface area contributed by atoms with Gasteiger partial charge in [-0.2, -0.15) is 11.8 Å². The smallest absolute Gasteiger partial charge is 0.190 e. The molecule has 6 heteroatoms. The Kier molecular flexibility index (Phi) is 13.6. The van der Waals surface area contributed by atoms with Crippen molar-refractivity contribution in [3.63, 3.8) is 0 Å². The molecule has 0 spiro atoms. The third-order valence-electron chi connectivity index (χ3n) is 3.13. The van der Waals surface area contributed by atoms with E-state index in [0.717, 1.165) is 31.2 Å². The maximum Gasteiger partial charge on any atom is 0.190 e. The number of unbranched alkanes of at least 4 members (excludes halogenated alkanes) is 1. The zero-order chi connectivity index (χ0) is 15.3. The van der Waals surface area contributed by atoms with Crippen LogP contribution in [0.2, 0.25) is 0 Å². The molecule has 2 N–H and O–H groups in total. The molecule has 0 saturated carbocycles.